The minimum Gasteiger partial charge on any atom is -0.494 e. The molecule has 0 amide bonds. The van der Waals surface area contributed by atoms with Crippen LogP contribution in [0.25, 0.3) is 10.9 Å². The number of fused-ring (bicyclic) bond motifs is 1. The van der Waals surface area contributed by atoms with Gasteiger partial charge in [0, 0.05) is 5.39 Å². The summed E-state index contributed by atoms with van der Waals surface area (Å²) in [6.07, 6.45) is 0. The SMILES string of the molecule is COc1cccc2ccc(C(C)(C)C(=O)O)nc12. The van der Waals surface area contributed by atoms with Gasteiger partial charge in [0.1, 0.15) is 16.7 Å². The largest absolute Gasteiger partial charge is 0.494 e. The highest BCUT2D eigenvalue weighted by Crippen LogP contribution is 2.28. The van der Waals surface area contributed by atoms with Crippen LogP contribution in [0.4, 0.5) is 0 Å². The average Bonchev–Trinajstić information content (AvgIpc) is 2.37. The molecular weight excluding hydrogens is 230 g/mol. The van der Waals surface area contributed by atoms with E-state index in [0.29, 0.717) is 17.0 Å². The van der Waals surface area contributed by atoms with Crippen molar-refractivity contribution in [3.05, 3.63) is 36.0 Å². The van der Waals surface area contributed by atoms with Crippen LogP contribution >= 0.6 is 0 Å². The number of methoxy groups -OCH3 is 1. The molecule has 0 bridgehead atoms. The fourth-order valence-electron chi connectivity index (χ4n) is 1.74. The maximum atomic E-state index is 11.2. The van der Waals surface area contributed by atoms with Crippen molar-refractivity contribution in [1.82, 2.24) is 4.98 Å². The second kappa shape index (κ2) is 4.29. The van der Waals surface area contributed by atoms with Crippen molar-refractivity contribution in [1.29, 1.82) is 0 Å². The Labute approximate surface area is 105 Å². The van der Waals surface area contributed by atoms with Crippen LogP contribution in [0.3, 0.4) is 0 Å². The smallest absolute Gasteiger partial charge is 0.315 e. The van der Waals surface area contributed by atoms with Gasteiger partial charge in [-0.15, -0.1) is 0 Å². The molecule has 0 radical (unpaired) electrons. The Hall–Kier alpha value is -2.10. The number of hydrogen-bond acceptors (Lipinski definition) is 3. The standard InChI is InChI=1S/C14H15NO3/c1-14(2,13(16)17)11-8-7-9-5-4-6-10(18-3)12(9)15-11/h4-8H,1-3H3,(H,16,17). The molecule has 0 aliphatic carbocycles. The van der Waals surface area contributed by atoms with Crippen LogP contribution in [-0.2, 0) is 10.2 Å². The van der Waals surface area contributed by atoms with E-state index in [9.17, 15) is 9.90 Å². The number of benzene rings is 1. The molecular formula is C14H15NO3. The second-order valence-electron chi connectivity index (χ2n) is 4.66. The van der Waals surface area contributed by atoms with Crippen molar-refractivity contribution in [2.45, 2.75) is 19.3 Å². The molecule has 0 aliphatic rings. The van der Waals surface area contributed by atoms with Crippen LogP contribution in [0.1, 0.15) is 19.5 Å². The summed E-state index contributed by atoms with van der Waals surface area (Å²) in [4.78, 5) is 15.7. The van der Waals surface area contributed by atoms with Crippen molar-refractivity contribution in [3.8, 4) is 5.75 Å². The van der Waals surface area contributed by atoms with Gasteiger partial charge in [-0.3, -0.25) is 4.79 Å². The molecule has 2 aromatic rings. The Morgan fingerprint density at radius 2 is 2.00 bits per heavy atom. The van der Waals surface area contributed by atoms with E-state index in [1.165, 1.54) is 0 Å². The lowest BCUT2D eigenvalue weighted by molar-refractivity contribution is -0.142. The highest BCUT2D eigenvalue weighted by Gasteiger charge is 2.31. The predicted molar refractivity (Wildman–Crippen MR) is 69.0 cm³/mol. The molecule has 94 valence electrons. The molecule has 1 N–H and O–H groups in total. The number of hydrogen-bond donors (Lipinski definition) is 1. The first kappa shape index (κ1) is 12.4. The highest BCUT2D eigenvalue weighted by molar-refractivity contribution is 5.86. The molecule has 1 aromatic carbocycles. The molecule has 2 rings (SSSR count). The van der Waals surface area contributed by atoms with E-state index < -0.39 is 11.4 Å². The fourth-order valence-corrected chi connectivity index (χ4v) is 1.74. The third kappa shape index (κ3) is 1.90. The number of carbonyl (C=O) groups is 1. The summed E-state index contributed by atoms with van der Waals surface area (Å²) in [6.45, 7) is 3.28. The summed E-state index contributed by atoms with van der Waals surface area (Å²) < 4.78 is 5.25. The van der Waals surface area contributed by atoms with Gasteiger partial charge in [-0.05, 0) is 26.0 Å². The molecule has 0 spiro atoms. The van der Waals surface area contributed by atoms with Gasteiger partial charge in [-0.2, -0.15) is 0 Å². The zero-order valence-corrected chi connectivity index (χ0v) is 10.6. The normalized spacial score (nSPS) is 11.5. The first-order valence-corrected chi connectivity index (χ1v) is 5.64. The summed E-state index contributed by atoms with van der Waals surface area (Å²) in [5.41, 5.74) is 0.188. The third-order valence-electron chi connectivity index (χ3n) is 3.08. The Kier molecular flexibility index (Phi) is 2.95. The van der Waals surface area contributed by atoms with Crippen LogP contribution < -0.4 is 4.74 Å². The van der Waals surface area contributed by atoms with Gasteiger partial charge in [0.25, 0.3) is 0 Å². The quantitative estimate of drug-likeness (QED) is 0.903. The lowest BCUT2D eigenvalue weighted by Crippen LogP contribution is -2.29. The Balaban J connectivity index is 2.66. The third-order valence-corrected chi connectivity index (χ3v) is 3.08. The van der Waals surface area contributed by atoms with E-state index in [2.05, 4.69) is 4.98 Å². The fraction of sp³-hybridized carbons (Fsp3) is 0.286. The van der Waals surface area contributed by atoms with E-state index in [-0.39, 0.29) is 0 Å². The molecule has 0 aliphatic heterocycles. The maximum Gasteiger partial charge on any atom is 0.315 e. The van der Waals surface area contributed by atoms with Crippen molar-refractivity contribution in [2.75, 3.05) is 7.11 Å². The van der Waals surface area contributed by atoms with Gasteiger partial charge < -0.3 is 9.84 Å². The summed E-state index contributed by atoms with van der Waals surface area (Å²) in [6, 6.07) is 9.22. The number of ether oxygens (including phenoxy) is 1. The minimum atomic E-state index is -1.02. The van der Waals surface area contributed by atoms with Crippen LogP contribution in [0.15, 0.2) is 30.3 Å². The monoisotopic (exact) mass is 245 g/mol. The molecule has 1 heterocycles. The van der Waals surface area contributed by atoms with Gasteiger partial charge in [0.2, 0.25) is 0 Å². The Morgan fingerprint density at radius 3 is 2.61 bits per heavy atom. The molecule has 0 unspecified atom stereocenters. The molecule has 18 heavy (non-hydrogen) atoms. The zero-order chi connectivity index (χ0) is 13.3. The molecule has 0 saturated heterocycles. The molecule has 4 nitrogen and oxygen atoms in total. The number of pyridine rings is 1. The van der Waals surface area contributed by atoms with Gasteiger partial charge in [-0.1, -0.05) is 18.2 Å². The summed E-state index contributed by atoms with van der Waals surface area (Å²) in [5.74, 6) is -0.250. The van der Waals surface area contributed by atoms with Gasteiger partial charge >= 0.3 is 5.97 Å². The maximum absolute atomic E-state index is 11.2. The van der Waals surface area contributed by atoms with Gasteiger partial charge in [0.15, 0.2) is 0 Å². The summed E-state index contributed by atoms with van der Waals surface area (Å²) in [7, 11) is 1.57. The van der Waals surface area contributed by atoms with E-state index in [1.54, 1.807) is 27.0 Å². The van der Waals surface area contributed by atoms with Crippen LogP contribution in [0.5, 0.6) is 5.75 Å². The van der Waals surface area contributed by atoms with Crippen molar-refractivity contribution in [2.24, 2.45) is 0 Å². The molecule has 4 heteroatoms. The highest BCUT2D eigenvalue weighted by atomic mass is 16.5. The number of aromatic nitrogens is 1. The molecule has 0 saturated carbocycles. The second-order valence-corrected chi connectivity index (χ2v) is 4.66. The lowest BCUT2D eigenvalue weighted by Gasteiger charge is -2.19. The number of nitrogens with zero attached hydrogens (tertiary/aromatic N) is 1. The first-order chi connectivity index (χ1) is 8.46. The lowest BCUT2D eigenvalue weighted by atomic mass is 9.88. The molecule has 0 fully saturated rings. The molecule has 1 aromatic heterocycles. The average molecular weight is 245 g/mol. The van der Waals surface area contributed by atoms with E-state index in [1.807, 2.05) is 24.3 Å². The minimum absolute atomic E-state index is 0.520. The van der Waals surface area contributed by atoms with E-state index in [0.717, 1.165) is 5.39 Å². The van der Waals surface area contributed by atoms with Gasteiger partial charge in [-0.25, -0.2) is 4.98 Å². The number of carboxylic acid groups (broad SMARTS) is 1. The van der Waals surface area contributed by atoms with Crippen molar-refractivity contribution in [3.63, 3.8) is 0 Å². The van der Waals surface area contributed by atoms with Crippen molar-refractivity contribution >= 4 is 16.9 Å². The number of rotatable bonds is 3. The van der Waals surface area contributed by atoms with E-state index >= 15 is 0 Å². The predicted octanol–water partition coefficient (Wildman–Crippen LogP) is 2.61. The topological polar surface area (TPSA) is 59.4 Å². The van der Waals surface area contributed by atoms with Crippen molar-refractivity contribution < 1.29 is 14.6 Å². The number of para-hydroxylation sites is 1. The Bertz CT molecular complexity index is 605. The zero-order valence-electron chi connectivity index (χ0n) is 10.6. The van der Waals surface area contributed by atoms with E-state index in [4.69, 9.17) is 4.74 Å². The van der Waals surface area contributed by atoms with Crippen LogP contribution in [-0.4, -0.2) is 23.2 Å². The number of carboxylic acids is 1. The summed E-state index contributed by atoms with van der Waals surface area (Å²) >= 11 is 0. The number of aliphatic carboxylic acids is 1. The van der Waals surface area contributed by atoms with Crippen LogP contribution in [0.2, 0.25) is 0 Å². The first-order valence-electron chi connectivity index (χ1n) is 5.64. The van der Waals surface area contributed by atoms with Crippen LogP contribution in [0, 0.1) is 0 Å². The summed E-state index contributed by atoms with van der Waals surface area (Å²) in [5, 5.41) is 10.2. The Morgan fingerprint density at radius 1 is 1.28 bits per heavy atom. The van der Waals surface area contributed by atoms with Gasteiger partial charge in [0.05, 0.1) is 12.8 Å². The molecule has 0 atom stereocenters.